The van der Waals surface area contributed by atoms with Crippen molar-refractivity contribution in [1.82, 2.24) is 20.4 Å². The molecule has 18 heavy (non-hydrogen) atoms. The normalized spacial score (nSPS) is 9.11. The molecule has 0 saturated heterocycles. The second kappa shape index (κ2) is 5.99. The minimum absolute atomic E-state index is 0.0598. The van der Waals surface area contributed by atoms with Crippen molar-refractivity contribution in [3.63, 3.8) is 0 Å². The molecule has 0 aliphatic rings. The maximum Gasteiger partial charge on any atom is 0.353 e. The molecule has 0 aliphatic carbocycles. The molecule has 2 rings (SSSR count). The van der Waals surface area contributed by atoms with E-state index >= 15 is 0 Å². The van der Waals surface area contributed by atoms with Crippen molar-refractivity contribution >= 4 is 11.9 Å². The van der Waals surface area contributed by atoms with E-state index in [1.54, 1.807) is 12.3 Å². The monoisotopic (exact) mass is 249 g/mol. The number of hydrogen-bond donors (Lipinski definition) is 4. The Kier molecular flexibility index (Phi) is 4.38. The van der Waals surface area contributed by atoms with E-state index < -0.39 is 11.9 Å². The molecule has 2 heterocycles. The standard InChI is InChI=1S/C7H6N4O2.C3H5NO/c12-7(13)6-3-5(10-11-6)4-1-2-8-9-4;1-2-3(4)5/h1-3H,(H,8,9)(H,10,11)(H,12,13);2H,1H2,(H2,4,5). The zero-order valence-corrected chi connectivity index (χ0v) is 9.25. The van der Waals surface area contributed by atoms with Gasteiger partial charge in [-0.2, -0.15) is 10.2 Å². The van der Waals surface area contributed by atoms with Crippen LogP contribution < -0.4 is 5.73 Å². The molecule has 1 amide bonds. The molecule has 0 atom stereocenters. The zero-order valence-electron chi connectivity index (χ0n) is 9.25. The quantitative estimate of drug-likeness (QED) is 0.574. The highest BCUT2D eigenvalue weighted by Gasteiger charge is 2.09. The predicted molar refractivity (Wildman–Crippen MR) is 62.5 cm³/mol. The molecular formula is C10H11N5O3. The van der Waals surface area contributed by atoms with Crippen molar-refractivity contribution in [2.75, 3.05) is 0 Å². The summed E-state index contributed by atoms with van der Waals surface area (Å²) in [5.74, 6) is -1.51. The van der Waals surface area contributed by atoms with Gasteiger partial charge in [-0.1, -0.05) is 6.58 Å². The van der Waals surface area contributed by atoms with Crippen molar-refractivity contribution in [1.29, 1.82) is 0 Å². The third-order valence-corrected chi connectivity index (χ3v) is 1.79. The molecule has 5 N–H and O–H groups in total. The van der Waals surface area contributed by atoms with Gasteiger partial charge in [-0.15, -0.1) is 0 Å². The van der Waals surface area contributed by atoms with Crippen molar-refractivity contribution < 1.29 is 14.7 Å². The number of carbonyl (C=O) groups is 2. The van der Waals surface area contributed by atoms with Crippen LogP contribution in [0.3, 0.4) is 0 Å². The summed E-state index contributed by atoms with van der Waals surface area (Å²) in [6, 6.07) is 3.15. The third-order valence-electron chi connectivity index (χ3n) is 1.79. The fraction of sp³-hybridized carbons (Fsp3) is 0. The summed E-state index contributed by atoms with van der Waals surface area (Å²) in [5.41, 5.74) is 5.82. The van der Waals surface area contributed by atoms with Crippen LogP contribution in [-0.2, 0) is 4.79 Å². The van der Waals surface area contributed by atoms with Gasteiger partial charge in [-0.05, 0) is 12.1 Å². The molecule has 2 aromatic rings. The largest absolute Gasteiger partial charge is 0.477 e. The summed E-state index contributed by atoms with van der Waals surface area (Å²) < 4.78 is 0. The molecule has 0 radical (unpaired) electrons. The fourth-order valence-corrected chi connectivity index (χ4v) is 0.968. The first kappa shape index (κ1) is 13.2. The summed E-state index contributed by atoms with van der Waals surface area (Å²) in [4.78, 5) is 20.0. The Morgan fingerprint density at radius 3 is 2.50 bits per heavy atom. The van der Waals surface area contributed by atoms with Crippen molar-refractivity contribution in [3.8, 4) is 11.4 Å². The number of rotatable bonds is 3. The van der Waals surface area contributed by atoms with Gasteiger partial charge in [0.2, 0.25) is 5.91 Å². The number of carboxylic acids is 1. The number of hydrogen-bond acceptors (Lipinski definition) is 4. The van der Waals surface area contributed by atoms with Crippen LogP contribution in [0.15, 0.2) is 31.0 Å². The van der Waals surface area contributed by atoms with Gasteiger partial charge in [0.25, 0.3) is 0 Å². The number of nitrogens with two attached hydrogens (primary N) is 1. The number of aromatic nitrogens is 4. The van der Waals surface area contributed by atoms with Gasteiger partial charge < -0.3 is 10.8 Å². The number of aromatic carboxylic acids is 1. The van der Waals surface area contributed by atoms with Crippen LogP contribution in [0.4, 0.5) is 0 Å². The zero-order chi connectivity index (χ0) is 13.5. The van der Waals surface area contributed by atoms with E-state index in [2.05, 4.69) is 32.7 Å². The lowest BCUT2D eigenvalue weighted by molar-refractivity contribution is -0.113. The molecule has 8 heteroatoms. The van der Waals surface area contributed by atoms with Crippen molar-refractivity contribution in [2.45, 2.75) is 0 Å². The van der Waals surface area contributed by atoms with E-state index in [0.717, 1.165) is 6.08 Å². The Balaban J connectivity index is 0.000000280. The fourth-order valence-electron chi connectivity index (χ4n) is 0.968. The summed E-state index contributed by atoms with van der Waals surface area (Å²) in [6.07, 6.45) is 2.63. The molecule has 0 unspecified atom stereocenters. The van der Waals surface area contributed by atoms with Crippen LogP contribution >= 0.6 is 0 Å². The minimum atomic E-state index is -1.03. The van der Waals surface area contributed by atoms with E-state index in [9.17, 15) is 9.59 Å². The van der Waals surface area contributed by atoms with Crippen LogP contribution in [0.25, 0.3) is 11.4 Å². The number of aromatic amines is 2. The number of H-pyrrole nitrogens is 2. The predicted octanol–water partition coefficient (Wildman–Crippen LogP) is 0.156. The van der Waals surface area contributed by atoms with E-state index in [1.165, 1.54) is 6.07 Å². The summed E-state index contributed by atoms with van der Waals surface area (Å²) >= 11 is 0. The lowest BCUT2D eigenvalue weighted by Crippen LogP contribution is -2.04. The molecule has 0 fully saturated rings. The molecule has 94 valence electrons. The second-order valence-corrected chi connectivity index (χ2v) is 3.05. The second-order valence-electron chi connectivity index (χ2n) is 3.05. The molecule has 0 aliphatic heterocycles. The number of carboxylic acid groups (broad SMARTS) is 1. The van der Waals surface area contributed by atoms with E-state index in [1.807, 2.05) is 0 Å². The Bertz CT molecular complexity index is 544. The van der Waals surface area contributed by atoms with Gasteiger partial charge in [0.05, 0.1) is 5.69 Å². The molecule has 0 bridgehead atoms. The van der Waals surface area contributed by atoms with E-state index in [4.69, 9.17) is 5.11 Å². The van der Waals surface area contributed by atoms with Crippen molar-refractivity contribution in [3.05, 3.63) is 36.7 Å². The Morgan fingerprint density at radius 2 is 2.11 bits per heavy atom. The van der Waals surface area contributed by atoms with E-state index in [-0.39, 0.29) is 5.69 Å². The highest BCUT2D eigenvalue weighted by atomic mass is 16.4. The van der Waals surface area contributed by atoms with Gasteiger partial charge in [0.1, 0.15) is 11.4 Å². The number of carbonyl (C=O) groups excluding carboxylic acids is 1. The molecule has 8 nitrogen and oxygen atoms in total. The average Bonchev–Trinajstić information content (AvgIpc) is 3.00. The number of nitrogens with zero attached hydrogens (tertiary/aromatic N) is 2. The highest BCUT2D eigenvalue weighted by molar-refractivity contribution is 5.86. The third kappa shape index (κ3) is 3.59. The first-order chi connectivity index (χ1) is 8.54. The van der Waals surface area contributed by atoms with Crippen molar-refractivity contribution in [2.24, 2.45) is 5.73 Å². The number of primary amides is 1. The van der Waals surface area contributed by atoms with Crippen LogP contribution in [-0.4, -0.2) is 37.4 Å². The van der Waals surface area contributed by atoms with Gasteiger partial charge in [-0.3, -0.25) is 15.0 Å². The molecular weight excluding hydrogens is 238 g/mol. The first-order valence-electron chi connectivity index (χ1n) is 4.75. The minimum Gasteiger partial charge on any atom is -0.477 e. The SMILES string of the molecule is C=CC(N)=O.O=C(O)c1cc(-c2ccn[nH]2)n[nH]1. The maximum absolute atomic E-state index is 10.5. The smallest absolute Gasteiger partial charge is 0.353 e. The lowest BCUT2D eigenvalue weighted by Gasteiger charge is -1.84. The molecule has 2 aromatic heterocycles. The Hall–Kier alpha value is -2.90. The number of amides is 1. The Labute approximate surface area is 102 Å². The first-order valence-corrected chi connectivity index (χ1v) is 4.75. The van der Waals surface area contributed by atoms with Gasteiger partial charge in [0.15, 0.2) is 0 Å². The van der Waals surface area contributed by atoms with Crippen LogP contribution in [0.5, 0.6) is 0 Å². The van der Waals surface area contributed by atoms with Crippen LogP contribution in [0.1, 0.15) is 10.5 Å². The lowest BCUT2D eigenvalue weighted by atomic mass is 10.3. The maximum atomic E-state index is 10.5. The van der Waals surface area contributed by atoms with E-state index in [0.29, 0.717) is 11.4 Å². The highest BCUT2D eigenvalue weighted by Crippen LogP contribution is 2.13. The molecule has 0 aromatic carbocycles. The van der Waals surface area contributed by atoms with Gasteiger partial charge >= 0.3 is 5.97 Å². The van der Waals surface area contributed by atoms with Crippen LogP contribution in [0.2, 0.25) is 0 Å². The van der Waals surface area contributed by atoms with Crippen LogP contribution in [0, 0.1) is 0 Å². The summed E-state index contributed by atoms with van der Waals surface area (Å²) in [6.45, 7) is 3.09. The average molecular weight is 249 g/mol. The number of nitrogens with one attached hydrogen (secondary N) is 2. The summed E-state index contributed by atoms with van der Waals surface area (Å²) in [5, 5.41) is 21.2. The molecule has 0 saturated carbocycles. The summed E-state index contributed by atoms with van der Waals surface area (Å²) in [7, 11) is 0. The van der Waals surface area contributed by atoms with Gasteiger partial charge in [0, 0.05) is 12.3 Å². The van der Waals surface area contributed by atoms with Gasteiger partial charge in [-0.25, -0.2) is 4.79 Å². The Morgan fingerprint density at radius 1 is 1.44 bits per heavy atom. The topological polar surface area (TPSA) is 138 Å². The molecule has 0 spiro atoms.